The van der Waals surface area contributed by atoms with Gasteiger partial charge in [0.25, 0.3) is 5.91 Å². The molecule has 0 fully saturated rings. The monoisotopic (exact) mass is 374 g/mol. The van der Waals surface area contributed by atoms with Crippen LogP contribution in [0, 0.1) is 0 Å². The number of para-hydroxylation sites is 1. The number of ether oxygens (including phenoxy) is 1. The van der Waals surface area contributed by atoms with Gasteiger partial charge in [-0.25, -0.2) is 0 Å². The van der Waals surface area contributed by atoms with Crippen molar-refractivity contribution in [3.8, 4) is 5.75 Å². The van der Waals surface area contributed by atoms with Crippen molar-refractivity contribution in [2.45, 2.75) is 6.92 Å². The molecule has 0 saturated carbocycles. The molecule has 26 heavy (non-hydrogen) atoms. The number of amides is 2. The molecule has 0 spiro atoms. The first kappa shape index (κ1) is 19.5. The topological polar surface area (TPSA) is 75.7 Å². The standard InChI is InChI=1S/C19H19ClN2O4/c1-13(23)14-7-9-15(10-8-14)26-12-19(25)22(2)11-18(24)21-17-6-4-3-5-16(17)20/h3-10H,11-12H2,1-2H3,(H,21,24). The van der Waals surface area contributed by atoms with Crippen LogP contribution in [0.3, 0.4) is 0 Å². The maximum absolute atomic E-state index is 12.1. The van der Waals surface area contributed by atoms with E-state index in [4.69, 9.17) is 16.3 Å². The Hall–Kier alpha value is -2.86. The number of carbonyl (C=O) groups excluding carboxylic acids is 3. The second-order valence-corrected chi connectivity index (χ2v) is 6.05. The number of Topliss-reactive ketones (excluding diaryl/α,β-unsaturated/α-hetero) is 1. The van der Waals surface area contributed by atoms with Gasteiger partial charge in [-0.2, -0.15) is 0 Å². The van der Waals surface area contributed by atoms with Crippen LogP contribution in [0.1, 0.15) is 17.3 Å². The van der Waals surface area contributed by atoms with Crippen molar-refractivity contribution >= 4 is 34.9 Å². The van der Waals surface area contributed by atoms with Crippen LogP contribution in [0.4, 0.5) is 5.69 Å². The lowest BCUT2D eigenvalue weighted by Crippen LogP contribution is -2.37. The molecule has 0 radical (unpaired) electrons. The largest absolute Gasteiger partial charge is 0.484 e. The highest BCUT2D eigenvalue weighted by atomic mass is 35.5. The van der Waals surface area contributed by atoms with E-state index in [1.165, 1.54) is 18.9 Å². The summed E-state index contributed by atoms with van der Waals surface area (Å²) in [5.41, 5.74) is 1.05. The van der Waals surface area contributed by atoms with Crippen molar-refractivity contribution in [1.82, 2.24) is 4.90 Å². The minimum absolute atomic E-state index is 0.0445. The van der Waals surface area contributed by atoms with Crippen molar-refractivity contribution in [1.29, 1.82) is 0 Å². The molecule has 2 rings (SSSR count). The van der Waals surface area contributed by atoms with E-state index >= 15 is 0 Å². The van der Waals surface area contributed by atoms with E-state index in [-0.39, 0.29) is 30.7 Å². The average molecular weight is 375 g/mol. The van der Waals surface area contributed by atoms with Crippen LogP contribution < -0.4 is 10.1 Å². The van der Waals surface area contributed by atoms with Gasteiger partial charge in [-0.05, 0) is 43.3 Å². The predicted molar refractivity (Wildman–Crippen MR) is 99.7 cm³/mol. The Kier molecular flexibility index (Phi) is 6.74. The molecule has 0 bridgehead atoms. The molecule has 0 aliphatic rings. The number of rotatable bonds is 7. The summed E-state index contributed by atoms with van der Waals surface area (Å²) in [6.07, 6.45) is 0. The van der Waals surface area contributed by atoms with Gasteiger partial charge in [0.2, 0.25) is 5.91 Å². The smallest absolute Gasteiger partial charge is 0.260 e. The normalized spacial score (nSPS) is 10.1. The fourth-order valence-electron chi connectivity index (χ4n) is 2.10. The Morgan fingerprint density at radius 1 is 1.08 bits per heavy atom. The molecule has 0 unspecified atom stereocenters. The lowest BCUT2D eigenvalue weighted by Gasteiger charge is -2.17. The molecule has 6 nitrogen and oxygen atoms in total. The number of ketones is 1. The number of nitrogens with one attached hydrogen (secondary N) is 1. The highest BCUT2D eigenvalue weighted by molar-refractivity contribution is 6.33. The minimum Gasteiger partial charge on any atom is -0.484 e. The number of nitrogens with zero attached hydrogens (tertiary/aromatic N) is 1. The summed E-state index contributed by atoms with van der Waals surface area (Å²) >= 11 is 5.98. The second-order valence-electron chi connectivity index (χ2n) is 5.65. The number of carbonyl (C=O) groups is 3. The van der Waals surface area contributed by atoms with E-state index in [9.17, 15) is 14.4 Å². The lowest BCUT2D eigenvalue weighted by molar-refractivity contribution is -0.135. The molecule has 2 amide bonds. The Bertz CT molecular complexity index is 805. The summed E-state index contributed by atoms with van der Waals surface area (Å²) < 4.78 is 5.39. The summed E-state index contributed by atoms with van der Waals surface area (Å²) in [4.78, 5) is 36.6. The fourth-order valence-corrected chi connectivity index (χ4v) is 2.28. The maximum atomic E-state index is 12.1. The molecular weight excluding hydrogens is 356 g/mol. The van der Waals surface area contributed by atoms with E-state index in [0.717, 1.165) is 0 Å². The molecule has 0 aromatic heterocycles. The third-order valence-electron chi connectivity index (χ3n) is 3.58. The van der Waals surface area contributed by atoms with Crippen LogP contribution in [0.5, 0.6) is 5.75 Å². The number of anilines is 1. The fraction of sp³-hybridized carbons (Fsp3) is 0.211. The first-order valence-corrected chi connectivity index (χ1v) is 8.26. The van der Waals surface area contributed by atoms with Crippen LogP contribution in [-0.2, 0) is 9.59 Å². The van der Waals surface area contributed by atoms with Crippen molar-refractivity contribution in [2.75, 3.05) is 25.5 Å². The summed E-state index contributed by atoms with van der Waals surface area (Å²) in [6.45, 7) is 1.13. The van der Waals surface area contributed by atoms with Gasteiger partial charge >= 0.3 is 0 Å². The van der Waals surface area contributed by atoms with E-state index in [1.54, 1.807) is 48.5 Å². The molecule has 2 aromatic carbocycles. The van der Waals surface area contributed by atoms with Crippen molar-refractivity contribution < 1.29 is 19.1 Å². The van der Waals surface area contributed by atoms with Gasteiger partial charge in [-0.3, -0.25) is 14.4 Å². The van der Waals surface area contributed by atoms with Gasteiger partial charge in [0.05, 0.1) is 17.3 Å². The first-order chi connectivity index (χ1) is 12.4. The predicted octanol–water partition coefficient (Wildman–Crippen LogP) is 3.02. The van der Waals surface area contributed by atoms with Gasteiger partial charge in [-0.1, -0.05) is 23.7 Å². The van der Waals surface area contributed by atoms with Crippen molar-refractivity contribution in [2.24, 2.45) is 0 Å². The summed E-state index contributed by atoms with van der Waals surface area (Å²) in [5.74, 6) is -0.288. The number of hydrogen-bond acceptors (Lipinski definition) is 4. The summed E-state index contributed by atoms with van der Waals surface area (Å²) in [7, 11) is 1.51. The zero-order chi connectivity index (χ0) is 19.1. The first-order valence-electron chi connectivity index (χ1n) is 7.89. The van der Waals surface area contributed by atoms with Crippen molar-refractivity contribution in [3.05, 3.63) is 59.1 Å². The summed E-state index contributed by atoms with van der Waals surface area (Å²) in [5, 5.41) is 3.07. The Balaban J connectivity index is 1.82. The number of hydrogen-bond donors (Lipinski definition) is 1. The van der Waals surface area contributed by atoms with E-state index in [2.05, 4.69) is 5.32 Å². The zero-order valence-electron chi connectivity index (χ0n) is 14.5. The van der Waals surface area contributed by atoms with Gasteiger partial charge in [0, 0.05) is 12.6 Å². The highest BCUT2D eigenvalue weighted by Gasteiger charge is 2.14. The molecule has 7 heteroatoms. The lowest BCUT2D eigenvalue weighted by atomic mass is 10.1. The number of likely N-dealkylation sites (N-methyl/N-ethyl adjacent to an activating group) is 1. The molecule has 2 aromatic rings. The highest BCUT2D eigenvalue weighted by Crippen LogP contribution is 2.20. The molecular formula is C19H19ClN2O4. The third-order valence-corrected chi connectivity index (χ3v) is 3.91. The SMILES string of the molecule is CC(=O)c1ccc(OCC(=O)N(C)CC(=O)Nc2ccccc2Cl)cc1. The molecule has 1 N–H and O–H groups in total. The Morgan fingerprint density at radius 3 is 2.35 bits per heavy atom. The van der Waals surface area contributed by atoms with Crippen LogP contribution in [0.15, 0.2) is 48.5 Å². The molecule has 0 aliphatic heterocycles. The van der Waals surface area contributed by atoms with Crippen molar-refractivity contribution in [3.63, 3.8) is 0 Å². The molecule has 0 atom stereocenters. The third kappa shape index (κ3) is 5.60. The quantitative estimate of drug-likeness (QED) is 0.756. The molecule has 0 saturated heterocycles. The number of halogens is 1. The Morgan fingerprint density at radius 2 is 1.73 bits per heavy atom. The van der Waals surface area contributed by atoms with Crippen LogP contribution in [0.25, 0.3) is 0 Å². The van der Waals surface area contributed by atoms with Crippen LogP contribution >= 0.6 is 11.6 Å². The van der Waals surface area contributed by atoms with Gasteiger partial charge < -0.3 is 15.0 Å². The average Bonchev–Trinajstić information content (AvgIpc) is 2.61. The van der Waals surface area contributed by atoms with Gasteiger partial charge in [-0.15, -0.1) is 0 Å². The molecule has 136 valence electrons. The van der Waals surface area contributed by atoms with E-state index in [1.807, 2.05) is 0 Å². The van der Waals surface area contributed by atoms with Crippen LogP contribution in [0.2, 0.25) is 5.02 Å². The Labute approximate surface area is 156 Å². The summed E-state index contributed by atoms with van der Waals surface area (Å²) in [6, 6.07) is 13.3. The van der Waals surface area contributed by atoms with E-state index < -0.39 is 0 Å². The zero-order valence-corrected chi connectivity index (χ0v) is 15.2. The number of benzene rings is 2. The minimum atomic E-state index is -0.361. The van der Waals surface area contributed by atoms with Gasteiger partial charge in [0.15, 0.2) is 12.4 Å². The van der Waals surface area contributed by atoms with E-state index in [0.29, 0.717) is 22.0 Å². The van der Waals surface area contributed by atoms with Gasteiger partial charge in [0.1, 0.15) is 5.75 Å². The molecule has 0 heterocycles. The van der Waals surface area contributed by atoms with Crippen LogP contribution in [-0.4, -0.2) is 42.7 Å². The second kappa shape index (κ2) is 9.01. The molecule has 0 aliphatic carbocycles. The maximum Gasteiger partial charge on any atom is 0.260 e.